The molecule has 106 valence electrons. The summed E-state index contributed by atoms with van der Waals surface area (Å²) in [5.41, 5.74) is -0.111. The van der Waals surface area contributed by atoms with Gasteiger partial charge in [-0.15, -0.1) is 0 Å². The molecule has 3 heteroatoms. The van der Waals surface area contributed by atoms with Gasteiger partial charge in [-0.25, -0.2) is 0 Å². The first kappa shape index (κ1) is 15.5. The zero-order valence-corrected chi connectivity index (χ0v) is 12.6. The van der Waals surface area contributed by atoms with Gasteiger partial charge in [-0.3, -0.25) is 4.79 Å². The van der Waals surface area contributed by atoms with E-state index in [0.717, 1.165) is 13.0 Å². The Morgan fingerprint density at radius 2 is 1.83 bits per heavy atom. The van der Waals surface area contributed by atoms with Crippen molar-refractivity contribution in [3.8, 4) is 0 Å². The quantitative estimate of drug-likeness (QED) is 0.818. The zero-order valence-electron chi connectivity index (χ0n) is 12.6. The Balaban J connectivity index is 2.38. The molecule has 0 aromatic carbocycles. The summed E-state index contributed by atoms with van der Waals surface area (Å²) in [4.78, 5) is 13.4. The fourth-order valence-corrected chi connectivity index (χ4v) is 2.57. The molecule has 0 atom stereocenters. The summed E-state index contributed by atoms with van der Waals surface area (Å²) in [5.74, 6) is -0.694. The van der Waals surface area contributed by atoms with E-state index in [2.05, 4.69) is 25.8 Å². The number of carboxylic acid groups (broad SMARTS) is 1. The highest BCUT2D eigenvalue weighted by molar-refractivity contribution is 5.73. The lowest BCUT2D eigenvalue weighted by molar-refractivity contribution is -0.147. The van der Waals surface area contributed by atoms with Gasteiger partial charge in [0, 0.05) is 6.04 Å². The second-order valence-corrected chi connectivity index (χ2v) is 7.32. The van der Waals surface area contributed by atoms with E-state index in [4.69, 9.17) is 5.11 Å². The lowest BCUT2D eigenvalue weighted by Gasteiger charge is -2.39. The van der Waals surface area contributed by atoms with Gasteiger partial charge in [0.15, 0.2) is 0 Å². The molecule has 0 heterocycles. The molecule has 0 amide bonds. The Morgan fingerprint density at radius 3 is 2.28 bits per heavy atom. The van der Waals surface area contributed by atoms with Crippen LogP contribution < -0.4 is 0 Å². The summed E-state index contributed by atoms with van der Waals surface area (Å²) in [6.07, 6.45) is 5.78. The number of carboxylic acids is 1. The molecule has 1 N–H and O–H groups in total. The minimum Gasteiger partial charge on any atom is -0.481 e. The molecule has 0 radical (unpaired) electrons. The summed E-state index contributed by atoms with van der Waals surface area (Å²) in [5, 5.41) is 9.11. The molecule has 18 heavy (non-hydrogen) atoms. The number of hydrogen-bond donors (Lipinski definition) is 1. The highest BCUT2D eigenvalue weighted by atomic mass is 16.4. The van der Waals surface area contributed by atoms with Gasteiger partial charge in [-0.05, 0) is 65.0 Å². The Kier molecular flexibility index (Phi) is 4.82. The van der Waals surface area contributed by atoms with Gasteiger partial charge < -0.3 is 10.0 Å². The van der Waals surface area contributed by atoms with Gasteiger partial charge in [0.25, 0.3) is 0 Å². The second-order valence-electron chi connectivity index (χ2n) is 7.32. The molecule has 3 nitrogen and oxygen atoms in total. The summed E-state index contributed by atoms with van der Waals surface area (Å²) in [6, 6.07) is 0.641. The normalized spacial score (nSPS) is 21.2. The summed E-state index contributed by atoms with van der Waals surface area (Å²) >= 11 is 0. The van der Waals surface area contributed by atoms with Crippen LogP contribution in [0.4, 0.5) is 0 Å². The summed E-state index contributed by atoms with van der Waals surface area (Å²) < 4.78 is 0. The fraction of sp³-hybridized carbons (Fsp3) is 0.933. The third kappa shape index (κ3) is 4.27. The SMILES string of the molecule is CN(CCC(C)(C)C(=O)O)C1CCC(C)(C)CC1. The first-order valence-electron chi connectivity index (χ1n) is 7.08. The second kappa shape index (κ2) is 5.60. The van der Waals surface area contributed by atoms with Crippen LogP contribution in [-0.2, 0) is 4.79 Å². The van der Waals surface area contributed by atoms with Crippen molar-refractivity contribution < 1.29 is 9.90 Å². The van der Waals surface area contributed by atoms with Crippen molar-refractivity contribution in [3.05, 3.63) is 0 Å². The standard InChI is InChI=1S/C15H29NO2/c1-14(2)8-6-12(7-9-14)16(5)11-10-15(3,4)13(17)18/h12H,6-11H2,1-5H3,(H,17,18). The van der Waals surface area contributed by atoms with Gasteiger partial charge in [-0.2, -0.15) is 0 Å². The maximum atomic E-state index is 11.1. The van der Waals surface area contributed by atoms with Gasteiger partial charge >= 0.3 is 5.97 Å². The average Bonchev–Trinajstić information content (AvgIpc) is 2.25. The molecule has 0 saturated heterocycles. The van der Waals surface area contributed by atoms with Crippen molar-refractivity contribution in [2.24, 2.45) is 10.8 Å². The predicted molar refractivity (Wildman–Crippen MR) is 74.7 cm³/mol. The van der Waals surface area contributed by atoms with Crippen LogP contribution in [0, 0.1) is 10.8 Å². The molecule has 1 aliphatic carbocycles. The third-order valence-corrected chi connectivity index (χ3v) is 4.60. The minimum atomic E-state index is -0.694. The molecule has 0 bridgehead atoms. The molecule has 1 aliphatic rings. The molecule has 0 unspecified atom stereocenters. The van der Waals surface area contributed by atoms with Crippen LogP contribution >= 0.6 is 0 Å². The number of carbonyl (C=O) groups is 1. The predicted octanol–water partition coefficient (Wildman–Crippen LogP) is 3.39. The Bertz CT molecular complexity index is 287. The Morgan fingerprint density at radius 1 is 1.33 bits per heavy atom. The molecule has 1 fully saturated rings. The number of nitrogens with zero attached hydrogens (tertiary/aromatic N) is 1. The third-order valence-electron chi connectivity index (χ3n) is 4.60. The first-order chi connectivity index (χ1) is 8.14. The molecule has 0 aromatic heterocycles. The smallest absolute Gasteiger partial charge is 0.309 e. The summed E-state index contributed by atoms with van der Waals surface area (Å²) in [6.45, 7) is 9.19. The Labute approximate surface area is 112 Å². The average molecular weight is 255 g/mol. The van der Waals surface area contributed by atoms with Gasteiger partial charge in [0.2, 0.25) is 0 Å². The highest BCUT2D eigenvalue weighted by Crippen LogP contribution is 2.36. The van der Waals surface area contributed by atoms with Crippen molar-refractivity contribution >= 4 is 5.97 Å². The van der Waals surface area contributed by atoms with Crippen molar-refractivity contribution in [2.75, 3.05) is 13.6 Å². The monoisotopic (exact) mass is 255 g/mol. The molecular formula is C15H29NO2. The molecule has 1 saturated carbocycles. The van der Waals surface area contributed by atoms with Crippen LogP contribution in [0.3, 0.4) is 0 Å². The molecular weight excluding hydrogens is 226 g/mol. The van der Waals surface area contributed by atoms with Crippen LogP contribution in [0.5, 0.6) is 0 Å². The van der Waals surface area contributed by atoms with Crippen molar-refractivity contribution in [1.29, 1.82) is 0 Å². The maximum Gasteiger partial charge on any atom is 0.309 e. The van der Waals surface area contributed by atoms with Gasteiger partial charge in [0.1, 0.15) is 0 Å². The largest absolute Gasteiger partial charge is 0.481 e. The van der Waals surface area contributed by atoms with Crippen LogP contribution in [0.1, 0.15) is 59.8 Å². The fourth-order valence-electron chi connectivity index (χ4n) is 2.57. The molecule has 0 spiro atoms. The maximum absolute atomic E-state index is 11.1. The zero-order chi connectivity index (χ0) is 14.0. The number of hydrogen-bond acceptors (Lipinski definition) is 2. The van der Waals surface area contributed by atoms with E-state index >= 15 is 0 Å². The molecule has 0 aromatic rings. The van der Waals surface area contributed by atoms with Crippen LogP contribution in [0.2, 0.25) is 0 Å². The van der Waals surface area contributed by atoms with Crippen molar-refractivity contribution in [3.63, 3.8) is 0 Å². The lowest BCUT2D eigenvalue weighted by atomic mass is 9.75. The number of aliphatic carboxylic acids is 1. The van der Waals surface area contributed by atoms with Crippen LogP contribution in [0.25, 0.3) is 0 Å². The van der Waals surface area contributed by atoms with E-state index in [1.807, 2.05) is 13.8 Å². The molecule has 0 aliphatic heterocycles. The van der Waals surface area contributed by atoms with Crippen molar-refractivity contribution in [2.45, 2.75) is 65.8 Å². The van der Waals surface area contributed by atoms with Crippen LogP contribution in [-0.4, -0.2) is 35.6 Å². The topological polar surface area (TPSA) is 40.5 Å². The minimum absolute atomic E-state index is 0.498. The van der Waals surface area contributed by atoms with E-state index in [1.165, 1.54) is 25.7 Å². The molecule has 1 rings (SSSR count). The van der Waals surface area contributed by atoms with Gasteiger partial charge in [-0.1, -0.05) is 13.8 Å². The van der Waals surface area contributed by atoms with Crippen LogP contribution in [0.15, 0.2) is 0 Å². The first-order valence-corrected chi connectivity index (χ1v) is 7.08. The summed E-state index contributed by atoms with van der Waals surface area (Å²) in [7, 11) is 2.14. The van der Waals surface area contributed by atoms with E-state index in [1.54, 1.807) is 0 Å². The van der Waals surface area contributed by atoms with Crippen molar-refractivity contribution in [1.82, 2.24) is 4.90 Å². The number of rotatable bonds is 5. The van der Waals surface area contributed by atoms with E-state index < -0.39 is 11.4 Å². The van der Waals surface area contributed by atoms with Gasteiger partial charge in [0.05, 0.1) is 5.41 Å². The Hall–Kier alpha value is -0.570. The van der Waals surface area contributed by atoms with E-state index in [9.17, 15) is 4.79 Å². The highest BCUT2D eigenvalue weighted by Gasteiger charge is 2.31. The lowest BCUT2D eigenvalue weighted by Crippen LogP contribution is -2.39. The van der Waals surface area contributed by atoms with E-state index in [-0.39, 0.29) is 0 Å². The van der Waals surface area contributed by atoms with E-state index in [0.29, 0.717) is 11.5 Å².